The van der Waals surface area contributed by atoms with E-state index in [1.165, 1.54) is 6.92 Å². The second-order valence-electron chi connectivity index (χ2n) is 4.13. The number of carbonyl (C=O) groups is 2. The Morgan fingerprint density at radius 2 is 2.17 bits per heavy atom. The number of benzene rings is 1. The number of nitrogens with zero attached hydrogens (tertiary/aromatic N) is 1. The maximum Gasteiger partial charge on any atom is 0.217 e. The molecular weight excluding hydrogens is 228 g/mol. The van der Waals surface area contributed by atoms with Crippen LogP contribution in [0.2, 0.25) is 0 Å². The molecule has 0 aliphatic rings. The monoisotopic (exact) mass is 242 g/mol. The molecule has 92 valence electrons. The largest absolute Gasteiger partial charge is 0.346 e. The Morgan fingerprint density at radius 1 is 1.39 bits per heavy atom. The highest BCUT2D eigenvalue weighted by molar-refractivity contribution is 5.83. The van der Waals surface area contributed by atoms with E-state index < -0.39 is 6.04 Å². The number of fused-ring (bicyclic) bond motifs is 1. The molecule has 2 aromatic rings. The quantitative estimate of drug-likeness (QED) is 0.826. The first-order valence-electron chi connectivity index (χ1n) is 5.75. The zero-order chi connectivity index (χ0) is 13.0. The highest BCUT2D eigenvalue weighted by Gasteiger charge is 2.11. The van der Waals surface area contributed by atoms with Crippen LogP contribution in [-0.2, 0) is 16.0 Å². The van der Waals surface area contributed by atoms with Crippen molar-refractivity contribution in [2.75, 3.05) is 0 Å². The summed E-state index contributed by atoms with van der Waals surface area (Å²) in [6.45, 7) is 1.40. The summed E-state index contributed by atoms with van der Waals surface area (Å²) in [7, 11) is 0. The Hall–Kier alpha value is -2.23. The molecule has 0 saturated carbocycles. The molecule has 18 heavy (non-hydrogen) atoms. The Bertz CT molecular complexity index is 576. The number of rotatable bonds is 4. The van der Waals surface area contributed by atoms with Crippen LogP contribution in [0.4, 0.5) is 0 Å². The van der Waals surface area contributed by atoms with Gasteiger partial charge in [-0.3, -0.25) is 9.78 Å². The lowest BCUT2D eigenvalue weighted by molar-refractivity contribution is -0.122. The molecule has 1 aromatic carbocycles. The lowest BCUT2D eigenvalue weighted by atomic mass is 10.0. The van der Waals surface area contributed by atoms with E-state index in [1.807, 2.05) is 30.3 Å². The van der Waals surface area contributed by atoms with Crippen LogP contribution in [0.5, 0.6) is 0 Å². The van der Waals surface area contributed by atoms with Gasteiger partial charge in [-0.15, -0.1) is 0 Å². The van der Waals surface area contributed by atoms with Crippen LogP contribution < -0.4 is 5.32 Å². The maximum atomic E-state index is 11.0. The SMILES string of the molecule is CC(=O)N[C@@H](C=O)Cc1ccnc2ccccc12. The molecule has 1 amide bonds. The number of nitrogens with one attached hydrogen (secondary N) is 1. The number of aldehydes is 1. The van der Waals surface area contributed by atoms with Gasteiger partial charge in [-0.2, -0.15) is 0 Å². The number of carbonyl (C=O) groups excluding carboxylic acids is 2. The van der Waals surface area contributed by atoms with Crippen LogP contribution >= 0.6 is 0 Å². The van der Waals surface area contributed by atoms with Gasteiger partial charge in [0.2, 0.25) is 5.91 Å². The Balaban J connectivity index is 2.30. The lowest BCUT2D eigenvalue weighted by Gasteiger charge is -2.12. The van der Waals surface area contributed by atoms with E-state index in [0.29, 0.717) is 6.42 Å². The molecule has 0 aliphatic carbocycles. The van der Waals surface area contributed by atoms with Gasteiger partial charge in [0.1, 0.15) is 6.29 Å². The summed E-state index contributed by atoms with van der Waals surface area (Å²) in [5, 5.41) is 3.63. The van der Waals surface area contributed by atoms with Crippen LogP contribution in [0.25, 0.3) is 10.9 Å². The zero-order valence-corrected chi connectivity index (χ0v) is 10.1. The van der Waals surface area contributed by atoms with Gasteiger partial charge in [0.05, 0.1) is 11.6 Å². The number of pyridine rings is 1. The number of aromatic nitrogens is 1. The minimum Gasteiger partial charge on any atom is -0.346 e. The fourth-order valence-corrected chi connectivity index (χ4v) is 1.96. The topological polar surface area (TPSA) is 59.1 Å². The standard InChI is InChI=1S/C14H14N2O2/c1-10(18)16-12(9-17)8-11-6-7-15-14-5-3-2-4-13(11)14/h2-7,9,12H,8H2,1H3,(H,16,18)/t12-/m1/s1. The number of para-hydroxylation sites is 1. The fourth-order valence-electron chi connectivity index (χ4n) is 1.96. The van der Waals surface area contributed by atoms with Crippen molar-refractivity contribution in [1.82, 2.24) is 10.3 Å². The molecule has 0 fully saturated rings. The summed E-state index contributed by atoms with van der Waals surface area (Å²) in [6, 6.07) is 9.13. The van der Waals surface area contributed by atoms with Gasteiger partial charge in [0, 0.05) is 24.9 Å². The molecule has 1 atom stereocenters. The number of hydrogen-bond donors (Lipinski definition) is 1. The van der Waals surface area contributed by atoms with Crippen molar-refractivity contribution in [3.05, 3.63) is 42.1 Å². The molecule has 0 spiro atoms. The summed E-state index contributed by atoms with van der Waals surface area (Å²) in [5.74, 6) is -0.203. The smallest absolute Gasteiger partial charge is 0.217 e. The summed E-state index contributed by atoms with van der Waals surface area (Å²) < 4.78 is 0. The molecule has 0 unspecified atom stereocenters. The van der Waals surface area contributed by atoms with Crippen LogP contribution in [0, 0.1) is 0 Å². The zero-order valence-electron chi connectivity index (χ0n) is 10.1. The lowest BCUT2D eigenvalue weighted by Crippen LogP contribution is -2.36. The van der Waals surface area contributed by atoms with Crippen LogP contribution in [-0.4, -0.2) is 23.2 Å². The van der Waals surface area contributed by atoms with E-state index in [2.05, 4.69) is 10.3 Å². The number of hydrogen-bond acceptors (Lipinski definition) is 3. The van der Waals surface area contributed by atoms with Gasteiger partial charge in [-0.05, 0) is 17.7 Å². The second kappa shape index (κ2) is 5.40. The predicted octanol–water partition coefficient (Wildman–Crippen LogP) is 1.48. The molecule has 4 heteroatoms. The van der Waals surface area contributed by atoms with E-state index in [9.17, 15) is 9.59 Å². The molecule has 1 heterocycles. The molecule has 1 aromatic heterocycles. The van der Waals surface area contributed by atoms with Gasteiger partial charge in [0.15, 0.2) is 0 Å². The van der Waals surface area contributed by atoms with Crippen LogP contribution in [0.3, 0.4) is 0 Å². The van der Waals surface area contributed by atoms with Crippen molar-refractivity contribution in [2.45, 2.75) is 19.4 Å². The van der Waals surface area contributed by atoms with Gasteiger partial charge in [-0.25, -0.2) is 0 Å². The number of amides is 1. The summed E-state index contributed by atoms with van der Waals surface area (Å²) in [4.78, 5) is 26.2. The third kappa shape index (κ3) is 2.71. The molecule has 4 nitrogen and oxygen atoms in total. The minimum atomic E-state index is -0.492. The van der Waals surface area contributed by atoms with Gasteiger partial charge in [0.25, 0.3) is 0 Å². The third-order valence-electron chi connectivity index (χ3n) is 2.73. The Kier molecular flexibility index (Phi) is 3.67. The van der Waals surface area contributed by atoms with E-state index in [1.54, 1.807) is 6.20 Å². The average Bonchev–Trinajstić information content (AvgIpc) is 2.38. The summed E-state index contributed by atoms with van der Waals surface area (Å²) in [6.07, 6.45) is 2.95. The van der Waals surface area contributed by atoms with Crippen molar-refractivity contribution in [2.24, 2.45) is 0 Å². The second-order valence-corrected chi connectivity index (χ2v) is 4.13. The molecule has 0 bridgehead atoms. The summed E-state index contributed by atoms with van der Waals surface area (Å²) in [5.41, 5.74) is 1.90. The Labute approximate surface area is 105 Å². The van der Waals surface area contributed by atoms with Crippen molar-refractivity contribution < 1.29 is 9.59 Å². The van der Waals surface area contributed by atoms with Gasteiger partial charge >= 0.3 is 0 Å². The van der Waals surface area contributed by atoms with E-state index in [4.69, 9.17) is 0 Å². The highest BCUT2D eigenvalue weighted by atomic mass is 16.2. The van der Waals surface area contributed by atoms with Gasteiger partial charge < -0.3 is 10.1 Å². The van der Waals surface area contributed by atoms with E-state index in [0.717, 1.165) is 22.8 Å². The molecule has 0 saturated heterocycles. The molecule has 0 aliphatic heterocycles. The molecule has 2 rings (SSSR count). The average molecular weight is 242 g/mol. The van der Waals surface area contributed by atoms with Crippen molar-refractivity contribution in [3.8, 4) is 0 Å². The molecule has 0 radical (unpaired) electrons. The van der Waals surface area contributed by atoms with Crippen LogP contribution in [0.1, 0.15) is 12.5 Å². The minimum absolute atomic E-state index is 0.203. The van der Waals surface area contributed by atoms with E-state index in [-0.39, 0.29) is 5.91 Å². The molecule has 1 N–H and O–H groups in total. The first-order chi connectivity index (χ1) is 8.70. The van der Waals surface area contributed by atoms with Crippen molar-refractivity contribution >= 4 is 23.1 Å². The molecular formula is C14H14N2O2. The predicted molar refractivity (Wildman–Crippen MR) is 69.1 cm³/mol. The Morgan fingerprint density at radius 3 is 2.89 bits per heavy atom. The third-order valence-corrected chi connectivity index (χ3v) is 2.73. The summed E-state index contributed by atoms with van der Waals surface area (Å²) >= 11 is 0. The maximum absolute atomic E-state index is 11.0. The first kappa shape index (κ1) is 12.2. The first-order valence-corrected chi connectivity index (χ1v) is 5.75. The van der Waals surface area contributed by atoms with Gasteiger partial charge in [-0.1, -0.05) is 18.2 Å². The van der Waals surface area contributed by atoms with E-state index >= 15 is 0 Å². The van der Waals surface area contributed by atoms with Crippen molar-refractivity contribution in [1.29, 1.82) is 0 Å². The van der Waals surface area contributed by atoms with Crippen molar-refractivity contribution in [3.63, 3.8) is 0 Å². The fraction of sp³-hybridized carbons (Fsp3) is 0.214. The highest BCUT2D eigenvalue weighted by Crippen LogP contribution is 2.17. The van der Waals surface area contributed by atoms with Crippen LogP contribution in [0.15, 0.2) is 36.5 Å². The normalized spacial score (nSPS) is 12.1.